The standard InChI is InChI=1S/C14H13Cl3O/c1-7-8(2)18-9(3)13(7)14(17)11-5-4-10(15)6-12(11)16/h4-6,14H,1-3H3. The summed E-state index contributed by atoms with van der Waals surface area (Å²) < 4.78 is 5.60. The van der Waals surface area contributed by atoms with Crippen molar-refractivity contribution in [2.75, 3.05) is 0 Å². The van der Waals surface area contributed by atoms with E-state index in [1.807, 2.05) is 26.8 Å². The molecule has 2 aromatic rings. The van der Waals surface area contributed by atoms with Crippen LogP contribution >= 0.6 is 34.8 Å². The van der Waals surface area contributed by atoms with Crippen LogP contribution in [0.1, 0.15) is 33.6 Å². The van der Waals surface area contributed by atoms with E-state index < -0.39 is 0 Å². The molecule has 18 heavy (non-hydrogen) atoms. The van der Waals surface area contributed by atoms with Crippen molar-refractivity contribution < 1.29 is 4.42 Å². The molecule has 1 atom stereocenters. The van der Waals surface area contributed by atoms with Crippen LogP contribution in [0, 0.1) is 20.8 Å². The molecule has 1 unspecified atom stereocenters. The second kappa shape index (κ2) is 5.16. The Morgan fingerprint density at radius 2 is 1.72 bits per heavy atom. The average molecular weight is 304 g/mol. The number of rotatable bonds is 2. The molecular formula is C14H13Cl3O. The van der Waals surface area contributed by atoms with Gasteiger partial charge in [-0.25, -0.2) is 0 Å². The van der Waals surface area contributed by atoms with Gasteiger partial charge < -0.3 is 4.42 Å². The van der Waals surface area contributed by atoms with Gasteiger partial charge in [-0.05, 0) is 44.0 Å². The fraction of sp³-hybridized carbons (Fsp3) is 0.286. The predicted octanol–water partition coefficient (Wildman–Crippen LogP) is 5.84. The molecule has 4 heteroatoms. The van der Waals surface area contributed by atoms with E-state index in [1.54, 1.807) is 12.1 Å². The summed E-state index contributed by atoms with van der Waals surface area (Å²) in [5.74, 6) is 1.72. The van der Waals surface area contributed by atoms with Gasteiger partial charge >= 0.3 is 0 Å². The van der Waals surface area contributed by atoms with E-state index in [2.05, 4.69) is 0 Å². The molecule has 1 nitrogen and oxygen atoms in total. The first-order valence-corrected chi connectivity index (χ1v) is 6.76. The molecule has 0 radical (unpaired) electrons. The maximum absolute atomic E-state index is 6.53. The fourth-order valence-corrected chi connectivity index (χ4v) is 3.13. The van der Waals surface area contributed by atoms with Crippen LogP contribution in [0.25, 0.3) is 0 Å². The molecule has 1 heterocycles. The first-order chi connectivity index (χ1) is 8.41. The molecule has 0 N–H and O–H groups in total. The highest BCUT2D eigenvalue weighted by Crippen LogP contribution is 2.39. The number of furan rings is 1. The molecule has 0 aliphatic carbocycles. The highest BCUT2D eigenvalue weighted by Gasteiger charge is 2.22. The summed E-state index contributed by atoms with van der Waals surface area (Å²) in [5, 5.41) is 0.844. The summed E-state index contributed by atoms with van der Waals surface area (Å²) in [6.07, 6.45) is 0. The molecule has 0 bridgehead atoms. The van der Waals surface area contributed by atoms with Crippen LogP contribution in [0.2, 0.25) is 10.0 Å². The molecule has 0 aliphatic rings. The van der Waals surface area contributed by atoms with Crippen molar-refractivity contribution in [2.45, 2.75) is 26.1 Å². The summed E-state index contributed by atoms with van der Waals surface area (Å²) in [6.45, 7) is 5.84. The Kier molecular flexibility index (Phi) is 3.96. The topological polar surface area (TPSA) is 13.1 Å². The van der Waals surface area contributed by atoms with Gasteiger partial charge in [-0.2, -0.15) is 0 Å². The van der Waals surface area contributed by atoms with Crippen LogP contribution in [0.5, 0.6) is 0 Å². The van der Waals surface area contributed by atoms with E-state index in [9.17, 15) is 0 Å². The summed E-state index contributed by atoms with van der Waals surface area (Å²) in [7, 11) is 0. The molecule has 1 aromatic heterocycles. The van der Waals surface area contributed by atoms with E-state index in [0.717, 1.165) is 28.2 Å². The Balaban J connectivity index is 2.51. The van der Waals surface area contributed by atoms with Gasteiger partial charge in [-0.15, -0.1) is 11.6 Å². The number of hydrogen-bond acceptors (Lipinski definition) is 1. The molecule has 0 saturated carbocycles. The van der Waals surface area contributed by atoms with Crippen molar-refractivity contribution in [1.82, 2.24) is 0 Å². The van der Waals surface area contributed by atoms with Crippen LogP contribution < -0.4 is 0 Å². The average Bonchev–Trinajstić information content (AvgIpc) is 2.52. The molecule has 0 spiro atoms. The lowest BCUT2D eigenvalue weighted by atomic mass is 10.0. The van der Waals surface area contributed by atoms with E-state index in [0.29, 0.717) is 10.0 Å². The third-order valence-electron chi connectivity index (χ3n) is 3.11. The van der Waals surface area contributed by atoms with E-state index >= 15 is 0 Å². The summed E-state index contributed by atoms with van der Waals surface area (Å²) in [5.41, 5.74) is 2.90. The number of benzene rings is 1. The number of hydrogen-bond donors (Lipinski definition) is 0. The van der Waals surface area contributed by atoms with Gasteiger partial charge in [0.1, 0.15) is 11.5 Å². The summed E-state index contributed by atoms with van der Waals surface area (Å²) in [6, 6.07) is 5.34. The van der Waals surface area contributed by atoms with Crippen LogP contribution in [-0.2, 0) is 0 Å². The second-order valence-corrected chi connectivity index (χ2v) is 5.56. The van der Waals surface area contributed by atoms with Gasteiger partial charge in [-0.3, -0.25) is 0 Å². The number of aryl methyl sites for hydroxylation is 2. The first-order valence-electron chi connectivity index (χ1n) is 5.57. The van der Waals surface area contributed by atoms with Gasteiger partial charge in [0, 0.05) is 15.6 Å². The van der Waals surface area contributed by atoms with Crippen LogP contribution in [-0.4, -0.2) is 0 Å². The first kappa shape index (κ1) is 13.8. The molecule has 0 saturated heterocycles. The third kappa shape index (κ3) is 2.40. The Bertz CT molecular complexity index is 587. The zero-order valence-corrected chi connectivity index (χ0v) is 12.6. The van der Waals surface area contributed by atoms with Gasteiger partial charge in [-0.1, -0.05) is 29.3 Å². The third-order valence-corrected chi connectivity index (χ3v) is 4.12. The summed E-state index contributed by atoms with van der Waals surface area (Å²) in [4.78, 5) is 0. The van der Waals surface area contributed by atoms with Crippen LogP contribution in [0.15, 0.2) is 22.6 Å². The van der Waals surface area contributed by atoms with Crippen molar-refractivity contribution in [3.8, 4) is 0 Å². The highest BCUT2D eigenvalue weighted by atomic mass is 35.5. The van der Waals surface area contributed by atoms with E-state index in [4.69, 9.17) is 39.2 Å². The largest absolute Gasteiger partial charge is 0.466 e. The van der Waals surface area contributed by atoms with E-state index in [-0.39, 0.29) is 5.38 Å². The minimum atomic E-state index is -0.327. The quantitative estimate of drug-likeness (QED) is 0.635. The lowest BCUT2D eigenvalue weighted by molar-refractivity contribution is 0.500. The van der Waals surface area contributed by atoms with Crippen molar-refractivity contribution >= 4 is 34.8 Å². The Morgan fingerprint density at radius 1 is 1.06 bits per heavy atom. The molecular weight excluding hydrogens is 291 g/mol. The van der Waals surface area contributed by atoms with Gasteiger partial charge in [0.2, 0.25) is 0 Å². The van der Waals surface area contributed by atoms with Crippen molar-refractivity contribution in [3.63, 3.8) is 0 Å². The van der Waals surface area contributed by atoms with Crippen LogP contribution in [0.3, 0.4) is 0 Å². The Morgan fingerprint density at radius 3 is 2.22 bits per heavy atom. The lowest BCUT2D eigenvalue weighted by Crippen LogP contribution is -1.97. The fourth-order valence-electron chi connectivity index (χ4n) is 2.05. The highest BCUT2D eigenvalue weighted by molar-refractivity contribution is 6.36. The van der Waals surface area contributed by atoms with Gasteiger partial charge in [0.15, 0.2) is 0 Å². The van der Waals surface area contributed by atoms with Gasteiger partial charge in [0.25, 0.3) is 0 Å². The zero-order valence-electron chi connectivity index (χ0n) is 10.4. The summed E-state index contributed by atoms with van der Waals surface area (Å²) >= 11 is 18.6. The Labute approximate surface area is 122 Å². The molecule has 0 fully saturated rings. The minimum absolute atomic E-state index is 0.327. The molecule has 2 rings (SSSR count). The SMILES string of the molecule is Cc1oc(C)c(C(Cl)c2ccc(Cl)cc2Cl)c1C. The molecule has 96 valence electrons. The second-order valence-electron chi connectivity index (χ2n) is 4.28. The predicted molar refractivity (Wildman–Crippen MR) is 77.1 cm³/mol. The van der Waals surface area contributed by atoms with Crippen molar-refractivity contribution in [1.29, 1.82) is 0 Å². The lowest BCUT2D eigenvalue weighted by Gasteiger charge is -2.12. The van der Waals surface area contributed by atoms with Crippen molar-refractivity contribution in [2.24, 2.45) is 0 Å². The van der Waals surface area contributed by atoms with Crippen LogP contribution in [0.4, 0.5) is 0 Å². The van der Waals surface area contributed by atoms with Gasteiger partial charge in [0.05, 0.1) is 5.38 Å². The van der Waals surface area contributed by atoms with Crippen molar-refractivity contribution in [3.05, 3.63) is 56.5 Å². The maximum atomic E-state index is 6.53. The number of alkyl halides is 1. The smallest absolute Gasteiger partial charge is 0.106 e. The zero-order chi connectivity index (χ0) is 13.4. The molecule has 0 aliphatic heterocycles. The molecule has 1 aromatic carbocycles. The number of halogens is 3. The monoisotopic (exact) mass is 302 g/mol. The normalized spacial score (nSPS) is 12.8. The molecule has 0 amide bonds. The van der Waals surface area contributed by atoms with E-state index in [1.165, 1.54) is 0 Å². The Hall–Kier alpha value is -0.630. The maximum Gasteiger partial charge on any atom is 0.106 e. The minimum Gasteiger partial charge on any atom is -0.466 e.